The van der Waals surface area contributed by atoms with E-state index < -0.39 is 0 Å². The van der Waals surface area contributed by atoms with Gasteiger partial charge in [0.15, 0.2) is 0 Å². The zero-order chi connectivity index (χ0) is 12.4. The summed E-state index contributed by atoms with van der Waals surface area (Å²) in [4.78, 5) is 2.65. The molecular weight excluding hydrogens is 220 g/mol. The fourth-order valence-electron chi connectivity index (χ4n) is 3.29. The van der Waals surface area contributed by atoms with Crippen molar-refractivity contribution in [3.63, 3.8) is 0 Å². The van der Waals surface area contributed by atoms with Crippen LogP contribution in [0.2, 0.25) is 0 Å². The summed E-state index contributed by atoms with van der Waals surface area (Å²) < 4.78 is 0. The number of hydrogen-bond acceptors (Lipinski definition) is 2. The molecule has 2 N–H and O–H groups in total. The van der Waals surface area contributed by atoms with Crippen molar-refractivity contribution in [3.05, 3.63) is 35.9 Å². The molecule has 0 radical (unpaired) electrons. The van der Waals surface area contributed by atoms with Gasteiger partial charge in [-0.05, 0) is 62.2 Å². The lowest BCUT2D eigenvalue weighted by molar-refractivity contribution is 0.180. The number of nitrogens with zero attached hydrogens (tertiary/aromatic N) is 1. The third kappa shape index (κ3) is 2.76. The Morgan fingerprint density at radius 1 is 1.11 bits per heavy atom. The van der Waals surface area contributed by atoms with Gasteiger partial charge < -0.3 is 10.6 Å². The minimum absolute atomic E-state index is 0.783. The molecule has 0 spiro atoms. The Morgan fingerprint density at radius 3 is 2.50 bits per heavy atom. The molecule has 98 valence electrons. The first-order valence-corrected chi connectivity index (χ1v) is 7.34. The van der Waals surface area contributed by atoms with E-state index in [1.165, 1.54) is 38.9 Å². The topological polar surface area (TPSA) is 29.3 Å². The lowest BCUT2D eigenvalue weighted by atomic mass is 9.97. The van der Waals surface area contributed by atoms with Gasteiger partial charge in [0.1, 0.15) is 0 Å². The van der Waals surface area contributed by atoms with Crippen LogP contribution in [0.3, 0.4) is 0 Å². The maximum absolute atomic E-state index is 5.74. The summed E-state index contributed by atoms with van der Waals surface area (Å²) in [6.45, 7) is 4.71. The molecule has 0 amide bonds. The number of rotatable bonds is 4. The fourth-order valence-corrected chi connectivity index (χ4v) is 3.29. The molecule has 3 rings (SSSR count). The number of hydrogen-bond donors (Lipinski definition) is 1. The van der Waals surface area contributed by atoms with E-state index in [0.29, 0.717) is 0 Å². The van der Waals surface area contributed by atoms with Crippen molar-refractivity contribution in [1.82, 2.24) is 4.90 Å². The molecule has 2 nitrogen and oxygen atoms in total. The summed E-state index contributed by atoms with van der Waals surface area (Å²) in [5.74, 6) is 2.52. The van der Waals surface area contributed by atoms with Gasteiger partial charge in [0.05, 0.1) is 0 Å². The van der Waals surface area contributed by atoms with Gasteiger partial charge in [-0.1, -0.05) is 30.3 Å². The van der Waals surface area contributed by atoms with E-state index in [4.69, 9.17) is 5.73 Å². The van der Waals surface area contributed by atoms with Crippen LogP contribution < -0.4 is 5.73 Å². The third-order valence-corrected chi connectivity index (χ3v) is 4.68. The number of likely N-dealkylation sites (tertiary alicyclic amines) is 1. The zero-order valence-corrected chi connectivity index (χ0v) is 11.1. The van der Waals surface area contributed by atoms with Crippen LogP contribution in [0.1, 0.15) is 30.7 Å². The van der Waals surface area contributed by atoms with E-state index in [1.54, 1.807) is 5.56 Å². The predicted octanol–water partition coefficient (Wildman–Crippen LogP) is 2.46. The van der Waals surface area contributed by atoms with Crippen LogP contribution in [0.25, 0.3) is 0 Å². The molecule has 2 heteroatoms. The lowest BCUT2D eigenvalue weighted by Gasteiger charge is -2.31. The quantitative estimate of drug-likeness (QED) is 0.881. The van der Waals surface area contributed by atoms with Crippen LogP contribution in [-0.4, -0.2) is 31.1 Å². The van der Waals surface area contributed by atoms with Gasteiger partial charge in [-0.3, -0.25) is 0 Å². The standard InChI is InChI=1S/C16H24N2/c17-11-13-6-8-18(9-7-13)12-15-10-16(15)14-4-2-1-3-5-14/h1-5,13,15-16H,6-12,17H2. The van der Waals surface area contributed by atoms with Gasteiger partial charge in [-0.25, -0.2) is 0 Å². The number of nitrogens with two attached hydrogens (primary N) is 1. The van der Waals surface area contributed by atoms with Crippen LogP contribution >= 0.6 is 0 Å². The molecule has 1 aliphatic heterocycles. The zero-order valence-electron chi connectivity index (χ0n) is 11.1. The molecular formula is C16H24N2. The fraction of sp³-hybridized carbons (Fsp3) is 0.625. The monoisotopic (exact) mass is 244 g/mol. The molecule has 2 fully saturated rings. The van der Waals surface area contributed by atoms with Gasteiger partial charge in [-0.2, -0.15) is 0 Å². The Labute approximate surface area is 110 Å². The SMILES string of the molecule is NCC1CCN(CC2CC2c2ccccc2)CC1. The molecule has 18 heavy (non-hydrogen) atoms. The van der Waals surface area contributed by atoms with E-state index in [1.807, 2.05) is 0 Å². The first kappa shape index (κ1) is 12.2. The van der Waals surface area contributed by atoms with Crippen LogP contribution in [0.4, 0.5) is 0 Å². The highest BCUT2D eigenvalue weighted by molar-refractivity contribution is 5.25. The molecule has 1 aromatic carbocycles. The third-order valence-electron chi connectivity index (χ3n) is 4.68. The van der Waals surface area contributed by atoms with Crippen LogP contribution in [0, 0.1) is 11.8 Å². The van der Waals surface area contributed by atoms with E-state index in [2.05, 4.69) is 35.2 Å². The minimum Gasteiger partial charge on any atom is -0.330 e. The molecule has 0 aromatic heterocycles. The van der Waals surface area contributed by atoms with Crippen LogP contribution in [-0.2, 0) is 0 Å². The van der Waals surface area contributed by atoms with Crippen molar-refractivity contribution in [3.8, 4) is 0 Å². The predicted molar refractivity (Wildman–Crippen MR) is 75.5 cm³/mol. The smallest absolute Gasteiger partial charge is 0.00157 e. The van der Waals surface area contributed by atoms with E-state index in [9.17, 15) is 0 Å². The van der Waals surface area contributed by atoms with Crippen LogP contribution in [0.15, 0.2) is 30.3 Å². The van der Waals surface area contributed by atoms with Crippen molar-refractivity contribution in [2.75, 3.05) is 26.2 Å². The second-order valence-electron chi connectivity index (χ2n) is 5.99. The largest absolute Gasteiger partial charge is 0.330 e. The minimum atomic E-state index is 0.783. The Kier molecular flexibility index (Phi) is 3.67. The van der Waals surface area contributed by atoms with Gasteiger partial charge in [0, 0.05) is 6.54 Å². The lowest BCUT2D eigenvalue weighted by Crippen LogP contribution is -2.37. The molecule has 0 bridgehead atoms. The second kappa shape index (κ2) is 5.41. The Bertz CT molecular complexity index is 368. The van der Waals surface area contributed by atoms with Gasteiger partial charge >= 0.3 is 0 Å². The second-order valence-corrected chi connectivity index (χ2v) is 5.99. The maximum atomic E-state index is 5.74. The Balaban J connectivity index is 1.46. The van der Waals surface area contributed by atoms with E-state index >= 15 is 0 Å². The molecule has 2 unspecified atom stereocenters. The highest BCUT2D eigenvalue weighted by Gasteiger charge is 2.39. The molecule has 1 aromatic rings. The van der Waals surface area contributed by atoms with Crippen molar-refractivity contribution >= 4 is 0 Å². The molecule has 2 atom stereocenters. The first-order chi connectivity index (χ1) is 8.86. The number of benzene rings is 1. The molecule has 2 aliphatic rings. The van der Waals surface area contributed by atoms with Crippen LogP contribution in [0.5, 0.6) is 0 Å². The van der Waals surface area contributed by atoms with Gasteiger partial charge in [0.2, 0.25) is 0 Å². The molecule has 1 heterocycles. The average molecular weight is 244 g/mol. The first-order valence-electron chi connectivity index (χ1n) is 7.34. The van der Waals surface area contributed by atoms with E-state index in [0.717, 1.165) is 24.3 Å². The molecule has 1 saturated heterocycles. The summed E-state index contributed by atoms with van der Waals surface area (Å²) in [5, 5.41) is 0. The van der Waals surface area contributed by atoms with Gasteiger partial charge in [-0.15, -0.1) is 0 Å². The Morgan fingerprint density at radius 2 is 1.83 bits per heavy atom. The van der Waals surface area contributed by atoms with Crippen molar-refractivity contribution in [2.45, 2.75) is 25.2 Å². The summed E-state index contributed by atoms with van der Waals surface area (Å²) in [6.07, 6.45) is 4.00. The normalized spacial score (nSPS) is 29.4. The highest BCUT2D eigenvalue weighted by atomic mass is 15.1. The molecule has 1 aliphatic carbocycles. The number of piperidine rings is 1. The molecule has 1 saturated carbocycles. The summed E-state index contributed by atoms with van der Waals surface area (Å²) >= 11 is 0. The summed E-state index contributed by atoms with van der Waals surface area (Å²) in [7, 11) is 0. The Hall–Kier alpha value is -0.860. The van der Waals surface area contributed by atoms with Crippen molar-refractivity contribution in [1.29, 1.82) is 0 Å². The average Bonchev–Trinajstić information content (AvgIpc) is 3.20. The maximum Gasteiger partial charge on any atom is 0.00157 e. The van der Waals surface area contributed by atoms with Gasteiger partial charge in [0.25, 0.3) is 0 Å². The van der Waals surface area contributed by atoms with E-state index in [-0.39, 0.29) is 0 Å². The van der Waals surface area contributed by atoms with Crippen molar-refractivity contribution in [2.24, 2.45) is 17.6 Å². The summed E-state index contributed by atoms with van der Waals surface area (Å²) in [6, 6.07) is 11.0. The van der Waals surface area contributed by atoms with Crippen molar-refractivity contribution < 1.29 is 0 Å². The summed E-state index contributed by atoms with van der Waals surface area (Å²) in [5.41, 5.74) is 7.28. The highest BCUT2D eigenvalue weighted by Crippen LogP contribution is 2.47.